The van der Waals surface area contributed by atoms with Crippen LogP contribution in [0.4, 0.5) is 0 Å². The summed E-state index contributed by atoms with van der Waals surface area (Å²) in [4.78, 5) is 0. The van der Waals surface area contributed by atoms with Crippen molar-refractivity contribution < 1.29 is 19.7 Å². The van der Waals surface area contributed by atoms with Crippen LogP contribution in [-0.4, -0.2) is 40.9 Å². The summed E-state index contributed by atoms with van der Waals surface area (Å²) in [5.41, 5.74) is 0. The first kappa shape index (κ1) is 12.6. The Kier molecular flexibility index (Phi) is 4.28. The molecule has 2 N–H and O–H groups in total. The van der Waals surface area contributed by atoms with E-state index in [1.165, 1.54) is 0 Å². The molecule has 0 saturated carbocycles. The first-order valence-corrected chi connectivity index (χ1v) is 5.27. The highest BCUT2D eigenvalue weighted by Gasteiger charge is 2.43. The zero-order valence-corrected chi connectivity index (χ0v) is 9.51. The lowest BCUT2D eigenvalue weighted by Crippen LogP contribution is -2.34. The van der Waals surface area contributed by atoms with Gasteiger partial charge in [0.15, 0.2) is 5.79 Å². The molecule has 0 unspecified atom stereocenters. The lowest BCUT2D eigenvalue weighted by atomic mass is 10.1. The molecule has 1 saturated heterocycles. The molecule has 1 aliphatic heterocycles. The van der Waals surface area contributed by atoms with E-state index in [0.717, 1.165) is 0 Å². The highest BCUT2D eigenvalue weighted by atomic mass is 16.8. The van der Waals surface area contributed by atoms with E-state index < -0.39 is 18.0 Å². The number of aliphatic hydroxyl groups is 2. The maximum Gasteiger partial charge on any atom is 0.163 e. The van der Waals surface area contributed by atoms with Gasteiger partial charge in [0.05, 0.1) is 6.10 Å². The van der Waals surface area contributed by atoms with Crippen molar-refractivity contribution in [1.82, 2.24) is 0 Å². The topological polar surface area (TPSA) is 58.9 Å². The highest BCUT2D eigenvalue weighted by Crippen LogP contribution is 2.31. The molecule has 3 atom stereocenters. The summed E-state index contributed by atoms with van der Waals surface area (Å²) in [7, 11) is 0. The van der Waals surface area contributed by atoms with Crippen LogP contribution in [0.3, 0.4) is 0 Å². The normalized spacial score (nSPS) is 32.3. The number of hydrogen-bond acceptors (Lipinski definition) is 4. The predicted octanol–water partition coefficient (Wildman–Crippen LogP) is 0.826. The van der Waals surface area contributed by atoms with Crippen LogP contribution in [0.5, 0.6) is 0 Å². The van der Waals surface area contributed by atoms with Crippen LogP contribution in [-0.2, 0) is 9.47 Å². The molecule has 1 aliphatic rings. The minimum atomic E-state index is -0.687. The third-order valence-corrected chi connectivity index (χ3v) is 2.36. The van der Waals surface area contributed by atoms with Gasteiger partial charge in [-0.1, -0.05) is 12.2 Å². The molecular formula is C11H20O4. The molecule has 88 valence electrons. The fourth-order valence-electron chi connectivity index (χ4n) is 1.81. The Labute approximate surface area is 90.5 Å². The molecule has 0 aromatic heterocycles. The largest absolute Gasteiger partial charge is 0.396 e. The van der Waals surface area contributed by atoms with Gasteiger partial charge in [0.25, 0.3) is 0 Å². The van der Waals surface area contributed by atoms with E-state index in [9.17, 15) is 5.11 Å². The van der Waals surface area contributed by atoms with Gasteiger partial charge in [-0.2, -0.15) is 0 Å². The Bertz CT molecular complexity index is 225. The smallest absolute Gasteiger partial charge is 0.163 e. The summed E-state index contributed by atoms with van der Waals surface area (Å²) >= 11 is 0. The van der Waals surface area contributed by atoms with Crippen LogP contribution in [0.1, 0.15) is 27.2 Å². The Balaban J connectivity index is 2.67. The molecule has 0 aromatic carbocycles. The number of rotatable bonds is 4. The molecule has 4 nitrogen and oxygen atoms in total. The Morgan fingerprint density at radius 1 is 1.40 bits per heavy atom. The number of aliphatic hydroxyl groups excluding tert-OH is 2. The van der Waals surface area contributed by atoms with Gasteiger partial charge in [-0.05, 0) is 27.2 Å². The minimum Gasteiger partial charge on any atom is -0.396 e. The van der Waals surface area contributed by atoms with Gasteiger partial charge in [0, 0.05) is 6.61 Å². The summed E-state index contributed by atoms with van der Waals surface area (Å²) in [6, 6.07) is 0. The monoisotopic (exact) mass is 216 g/mol. The molecule has 0 aromatic rings. The average molecular weight is 216 g/mol. The standard InChI is InChI=1S/C11H20O4/c1-4-5-8(13)10-9(6-7-12)14-11(2,3)15-10/h4-5,8-10,12-13H,6-7H2,1-3H3/b5-4+/t8-,9-,10+/m0/s1. The minimum absolute atomic E-state index is 0.0309. The van der Waals surface area contributed by atoms with Gasteiger partial charge < -0.3 is 19.7 Å². The molecular weight excluding hydrogens is 196 g/mol. The van der Waals surface area contributed by atoms with E-state index in [0.29, 0.717) is 6.42 Å². The number of hydrogen-bond donors (Lipinski definition) is 2. The average Bonchev–Trinajstić information content (AvgIpc) is 2.42. The zero-order valence-electron chi connectivity index (χ0n) is 9.51. The van der Waals surface area contributed by atoms with Crippen molar-refractivity contribution in [3.05, 3.63) is 12.2 Å². The maximum absolute atomic E-state index is 9.80. The van der Waals surface area contributed by atoms with Crippen molar-refractivity contribution in [2.45, 2.75) is 51.3 Å². The number of allylic oxidation sites excluding steroid dienone is 1. The van der Waals surface area contributed by atoms with Crippen molar-refractivity contribution in [3.8, 4) is 0 Å². The van der Waals surface area contributed by atoms with Crippen molar-refractivity contribution in [2.24, 2.45) is 0 Å². The van der Waals surface area contributed by atoms with Crippen LogP contribution in [0.2, 0.25) is 0 Å². The maximum atomic E-state index is 9.80. The van der Waals surface area contributed by atoms with Crippen LogP contribution in [0, 0.1) is 0 Å². The molecule has 15 heavy (non-hydrogen) atoms. The molecule has 0 radical (unpaired) electrons. The summed E-state index contributed by atoms with van der Waals surface area (Å²) < 4.78 is 11.2. The van der Waals surface area contributed by atoms with Gasteiger partial charge in [-0.3, -0.25) is 0 Å². The summed E-state index contributed by atoms with van der Waals surface area (Å²) in [6.07, 6.45) is 2.57. The summed E-state index contributed by atoms with van der Waals surface area (Å²) in [5, 5.41) is 18.7. The first-order chi connectivity index (χ1) is 7.00. The third kappa shape index (κ3) is 3.28. The summed E-state index contributed by atoms with van der Waals surface area (Å²) in [6.45, 7) is 5.48. The van der Waals surface area contributed by atoms with Crippen LogP contribution in [0.25, 0.3) is 0 Å². The second-order valence-corrected chi connectivity index (χ2v) is 4.17. The Hall–Kier alpha value is -0.420. The Morgan fingerprint density at radius 2 is 2.07 bits per heavy atom. The molecule has 0 aliphatic carbocycles. The molecule has 1 rings (SSSR count). The molecule has 1 heterocycles. The van der Waals surface area contributed by atoms with Crippen molar-refractivity contribution in [1.29, 1.82) is 0 Å². The van der Waals surface area contributed by atoms with Crippen molar-refractivity contribution in [3.63, 3.8) is 0 Å². The van der Waals surface area contributed by atoms with Crippen molar-refractivity contribution in [2.75, 3.05) is 6.61 Å². The van der Waals surface area contributed by atoms with Gasteiger partial charge in [-0.15, -0.1) is 0 Å². The highest BCUT2D eigenvalue weighted by molar-refractivity contribution is 4.96. The van der Waals surface area contributed by atoms with E-state index in [1.54, 1.807) is 26.0 Å². The summed E-state index contributed by atoms with van der Waals surface area (Å²) in [5.74, 6) is -0.687. The fourth-order valence-corrected chi connectivity index (χ4v) is 1.81. The molecule has 0 amide bonds. The Morgan fingerprint density at radius 3 is 2.60 bits per heavy atom. The second kappa shape index (κ2) is 5.07. The van der Waals surface area contributed by atoms with E-state index in [-0.39, 0.29) is 12.7 Å². The number of ether oxygens (including phenoxy) is 2. The van der Waals surface area contributed by atoms with Crippen molar-refractivity contribution >= 4 is 0 Å². The SMILES string of the molecule is C/C=C/[C@H](O)[C@H]1OC(C)(C)O[C@H]1CCO. The van der Waals surface area contributed by atoms with Gasteiger partial charge in [0.2, 0.25) is 0 Å². The third-order valence-electron chi connectivity index (χ3n) is 2.36. The predicted molar refractivity (Wildman–Crippen MR) is 56.3 cm³/mol. The molecule has 0 bridgehead atoms. The van der Waals surface area contributed by atoms with Crippen LogP contribution >= 0.6 is 0 Å². The van der Waals surface area contributed by atoms with E-state index in [4.69, 9.17) is 14.6 Å². The van der Waals surface area contributed by atoms with Gasteiger partial charge >= 0.3 is 0 Å². The van der Waals surface area contributed by atoms with E-state index in [2.05, 4.69) is 0 Å². The molecule has 4 heteroatoms. The van der Waals surface area contributed by atoms with E-state index >= 15 is 0 Å². The van der Waals surface area contributed by atoms with Gasteiger partial charge in [-0.25, -0.2) is 0 Å². The molecule has 1 fully saturated rings. The molecule has 0 spiro atoms. The second-order valence-electron chi connectivity index (χ2n) is 4.17. The van der Waals surface area contributed by atoms with Crippen LogP contribution in [0.15, 0.2) is 12.2 Å². The lowest BCUT2D eigenvalue weighted by Gasteiger charge is -2.19. The quantitative estimate of drug-likeness (QED) is 0.683. The zero-order chi connectivity index (χ0) is 11.5. The lowest BCUT2D eigenvalue weighted by molar-refractivity contribution is -0.153. The fraction of sp³-hybridized carbons (Fsp3) is 0.818. The van der Waals surface area contributed by atoms with E-state index in [1.807, 2.05) is 6.92 Å². The van der Waals surface area contributed by atoms with Crippen LogP contribution < -0.4 is 0 Å². The first-order valence-electron chi connectivity index (χ1n) is 5.27. The van der Waals surface area contributed by atoms with Gasteiger partial charge in [0.1, 0.15) is 12.2 Å².